The molecule has 0 aromatic heterocycles. The molecule has 32 heavy (non-hydrogen) atoms. The van der Waals surface area contributed by atoms with Gasteiger partial charge in [-0.1, -0.05) is 30.3 Å². The predicted octanol–water partition coefficient (Wildman–Crippen LogP) is 3.79. The van der Waals surface area contributed by atoms with Crippen molar-refractivity contribution in [2.75, 3.05) is 30.4 Å². The standard InChI is InChI=1S/C25H33N3O2S2/c1-17(29)24(10-11-32-2)28-25(30)23-9-8-20(26-15-21-14-22(31)16-27-21)13-19(23)12-18-6-4-3-5-7-18/h3-9,13,21-22,24,26-27,31H,10-12,14-16H2,1-2H3,(H,28,30)/t21-,22?,24?/m0/s1. The van der Waals surface area contributed by atoms with Crippen molar-refractivity contribution in [3.63, 3.8) is 0 Å². The molecule has 2 unspecified atom stereocenters. The average molecular weight is 472 g/mol. The summed E-state index contributed by atoms with van der Waals surface area (Å²) in [4.78, 5) is 25.2. The van der Waals surface area contributed by atoms with Gasteiger partial charge in [0.2, 0.25) is 0 Å². The van der Waals surface area contributed by atoms with Crippen LogP contribution in [0.1, 0.15) is 41.3 Å². The van der Waals surface area contributed by atoms with E-state index >= 15 is 0 Å². The van der Waals surface area contributed by atoms with Gasteiger partial charge in [-0.2, -0.15) is 24.4 Å². The van der Waals surface area contributed by atoms with Gasteiger partial charge in [0.05, 0.1) is 6.04 Å². The number of amides is 1. The third kappa shape index (κ3) is 7.29. The molecule has 0 bridgehead atoms. The number of ketones is 1. The van der Waals surface area contributed by atoms with E-state index in [1.807, 2.05) is 36.6 Å². The number of carbonyl (C=O) groups excluding carboxylic acids is 2. The van der Waals surface area contributed by atoms with Crippen molar-refractivity contribution in [2.24, 2.45) is 0 Å². The van der Waals surface area contributed by atoms with Crippen molar-refractivity contribution in [3.8, 4) is 0 Å². The van der Waals surface area contributed by atoms with Crippen LogP contribution in [-0.2, 0) is 11.2 Å². The summed E-state index contributed by atoms with van der Waals surface area (Å²) in [6.07, 6.45) is 4.32. The van der Waals surface area contributed by atoms with Gasteiger partial charge < -0.3 is 16.0 Å². The van der Waals surface area contributed by atoms with E-state index in [1.54, 1.807) is 11.8 Å². The van der Waals surface area contributed by atoms with Crippen molar-refractivity contribution in [1.29, 1.82) is 0 Å². The number of carbonyl (C=O) groups is 2. The highest BCUT2D eigenvalue weighted by atomic mass is 32.2. The maximum atomic E-state index is 13.1. The summed E-state index contributed by atoms with van der Waals surface area (Å²) < 4.78 is 0. The van der Waals surface area contributed by atoms with Crippen LogP contribution in [0.4, 0.5) is 5.69 Å². The Bertz CT molecular complexity index is 907. The molecular formula is C25H33N3O2S2. The molecule has 2 aromatic rings. The smallest absolute Gasteiger partial charge is 0.252 e. The molecule has 3 atom stereocenters. The monoisotopic (exact) mass is 471 g/mol. The van der Waals surface area contributed by atoms with Crippen LogP contribution < -0.4 is 16.0 Å². The number of benzene rings is 2. The maximum absolute atomic E-state index is 13.1. The van der Waals surface area contributed by atoms with Crippen molar-refractivity contribution in [2.45, 2.75) is 43.5 Å². The van der Waals surface area contributed by atoms with E-state index in [0.717, 1.165) is 42.1 Å². The summed E-state index contributed by atoms with van der Waals surface area (Å²) in [7, 11) is 0. The summed E-state index contributed by atoms with van der Waals surface area (Å²) in [5.41, 5.74) is 3.68. The fraction of sp³-hybridized carbons (Fsp3) is 0.440. The molecule has 1 aliphatic rings. The van der Waals surface area contributed by atoms with Gasteiger partial charge in [0.1, 0.15) is 0 Å². The minimum Gasteiger partial charge on any atom is -0.383 e. The van der Waals surface area contributed by atoms with Gasteiger partial charge >= 0.3 is 0 Å². The van der Waals surface area contributed by atoms with Crippen LogP contribution in [-0.4, -0.2) is 54.1 Å². The number of hydrogen-bond acceptors (Lipinski definition) is 6. The van der Waals surface area contributed by atoms with Crippen LogP contribution in [0.5, 0.6) is 0 Å². The minimum atomic E-state index is -0.458. The molecule has 0 radical (unpaired) electrons. The molecule has 1 heterocycles. The Morgan fingerprint density at radius 2 is 2.00 bits per heavy atom. The van der Waals surface area contributed by atoms with Crippen molar-refractivity contribution >= 4 is 41.8 Å². The lowest BCUT2D eigenvalue weighted by molar-refractivity contribution is -0.118. The van der Waals surface area contributed by atoms with E-state index in [0.29, 0.717) is 29.7 Å². The topological polar surface area (TPSA) is 70.2 Å². The van der Waals surface area contributed by atoms with E-state index in [9.17, 15) is 9.59 Å². The lowest BCUT2D eigenvalue weighted by Gasteiger charge is -2.19. The zero-order chi connectivity index (χ0) is 22.9. The summed E-state index contributed by atoms with van der Waals surface area (Å²) in [6, 6.07) is 15.9. The van der Waals surface area contributed by atoms with Crippen molar-refractivity contribution < 1.29 is 9.59 Å². The van der Waals surface area contributed by atoms with Crippen LogP contribution >= 0.6 is 24.4 Å². The third-order valence-electron chi connectivity index (χ3n) is 5.75. The molecule has 1 saturated heterocycles. The number of rotatable bonds is 11. The molecule has 7 heteroatoms. The van der Waals surface area contributed by atoms with Crippen LogP contribution in [0.15, 0.2) is 48.5 Å². The summed E-state index contributed by atoms with van der Waals surface area (Å²) in [6.45, 7) is 3.28. The SMILES string of the molecule is CSCCC(NC(=O)c1ccc(NC[C@@H]2CC(S)CN2)cc1Cc1ccccc1)C(C)=O. The number of thiol groups is 1. The number of nitrogens with one attached hydrogen (secondary N) is 3. The third-order valence-corrected chi connectivity index (χ3v) is 6.78. The highest BCUT2D eigenvalue weighted by Crippen LogP contribution is 2.21. The van der Waals surface area contributed by atoms with Gasteiger partial charge in [-0.3, -0.25) is 9.59 Å². The Kier molecular flexibility index (Phi) is 9.51. The Hall–Kier alpha value is -1.96. The first-order chi connectivity index (χ1) is 15.5. The molecule has 3 rings (SSSR count). The molecule has 5 nitrogen and oxygen atoms in total. The first-order valence-corrected chi connectivity index (χ1v) is 13.0. The first kappa shape index (κ1) is 24.7. The summed E-state index contributed by atoms with van der Waals surface area (Å²) in [5, 5.41) is 10.3. The fourth-order valence-electron chi connectivity index (χ4n) is 3.93. The molecule has 0 spiro atoms. The summed E-state index contributed by atoms with van der Waals surface area (Å²) in [5.74, 6) is 0.619. The quantitative estimate of drug-likeness (QED) is 0.376. The van der Waals surface area contributed by atoms with Crippen LogP contribution in [0.2, 0.25) is 0 Å². The Morgan fingerprint density at radius 3 is 2.66 bits per heavy atom. The lowest BCUT2D eigenvalue weighted by Crippen LogP contribution is -2.40. The van der Waals surface area contributed by atoms with Gasteiger partial charge in [-0.15, -0.1) is 0 Å². The number of hydrogen-bond donors (Lipinski definition) is 4. The number of thioether (sulfide) groups is 1. The second-order valence-corrected chi connectivity index (χ2v) is 10.0. The second kappa shape index (κ2) is 12.3. The minimum absolute atomic E-state index is 0.0122. The van der Waals surface area contributed by atoms with Gasteiger partial charge in [-0.25, -0.2) is 0 Å². The fourth-order valence-corrected chi connectivity index (χ4v) is 4.76. The second-order valence-electron chi connectivity index (χ2n) is 8.33. The van der Waals surface area contributed by atoms with Crippen LogP contribution in [0.3, 0.4) is 0 Å². The van der Waals surface area contributed by atoms with Gasteiger partial charge in [0.25, 0.3) is 5.91 Å². The van der Waals surface area contributed by atoms with E-state index < -0.39 is 6.04 Å². The van der Waals surface area contributed by atoms with Crippen molar-refractivity contribution in [1.82, 2.24) is 10.6 Å². The molecule has 2 aromatic carbocycles. The zero-order valence-electron chi connectivity index (χ0n) is 18.8. The van der Waals surface area contributed by atoms with E-state index in [2.05, 4.69) is 46.8 Å². The van der Waals surface area contributed by atoms with Gasteiger partial charge in [0, 0.05) is 35.6 Å². The van der Waals surface area contributed by atoms with Crippen LogP contribution in [0, 0.1) is 0 Å². The lowest BCUT2D eigenvalue weighted by atomic mass is 9.98. The van der Waals surface area contributed by atoms with Gasteiger partial charge in [-0.05, 0) is 67.5 Å². The predicted molar refractivity (Wildman–Crippen MR) is 138 cm³/mol. The summed E-state index contributed by atoms with van der Waals surface area (Å²) >= 11 is 6.21. The van der Waals surface area contributed by atoms with Crippen molar-refractivity contribution in [3.05, 3.63) is 65.2 Å². The Balaban J connectivity index is 1.78. The first-order valence-electron chi connectivity index (χ1n) is 11.1. The molecule has 1 fully saturated rings. The normalized spacial score (nSPS) is 18.8. The van der Waals surface area contributed by atoms with Crippen LogP contribution in [0.25, 0.3) is 0 Å². The molecular weight excluding hydrogens is 438 g/mol. The largest absolute Gasteiger partial charge is 0.383 e. The van der Waals surface area contributed by atoms with E-state index in [4.69, 9.17) is 0 Å². The van der Waals surface area contributed by atoms with E-state index in [-0.39, 0.29) is 11.7 Å². The highest BCUT2D eigenvalue weighted by molar-refractivity contribution is 7.98. The average Bonchev–Trinajstić information content (AvgIpc) is 3.20. The molecule has 172 valence electrons. The highest BCUT2D eigenvalue weighted by Gasteiger charge is 2.22. The Morgan fingerprint density at radius 1 is 1.22 bits per heavy atom. The molecule has 1 amide bonds. The number of Topliss-reactive ketones (excluding diaryl/α,β-unsaturated/α-hetero) is 1. The maximum Gasteiger partial charge on any atom is 0.252 e. The van der Waals surface area contributed by atoms with Gasteiger partial charge in [0.15, 0.2) is 5.78 Å². The number of anilines is 1. The molecule has 0 aliphatic carbocycles. The molecule has 0 saturated carbocycles. The molecule has 1 aliphatic heterocycles. The zero-order valence-corrected chi connectivity index (χ0v) is 20.5. The molecule has 3 N–H and O–H groups in total. The van der Waals surface area contributed by atoms with E-state index in [1.165, 1.54) is 6.92 Å². The Labute approximate surface area is 200 Å².